The third kappa shape index (κ3) is 3.64. The number of benzene rings is 2. The number of hydrogen-bond donors (Lipinski definition) is 1. The molecule has 3 aromatic rings. The summed E-state index contributed by atoms with van der Waals surface area (Å²) < 4.78 is 0. The quantitative estimate of drug-likeness (QED) is 0.594. The lowest BCUT2D eigenvalue weighted by atomic mass is 9.93. The van der Waals surface area contributed by atoms with E-state index < -0.39 is 0 Å². The van der Waals surface area contributed by atoms with Crippen LogP contribution >= 0.6 is 0 Å². The van der Waals surface area contributed by atoms with Crippen molar-refractivity contribution in [3.8, 4) is 0 Å². The van der Waals surface area contributed by atoms with E-state index in [-0.39, 0.29) is 5.92 Å². The molecule has 1 atom stereocenters. The average Bonchev–Trinajstić information content (AvgIpc) is 3.32. The molecule has 4 rings (SSSR count). The molecule has 0 spiro atoms. The topological polar surface area (TPSA) is 36.1 Å². The summed E-state index contributed by atoms with van der Waals surface area (Å²) in [6.45, 7) is 3.03. The molecule has 1 amide bonds. The van der Waals surface area contributed by atoms with Crippen LogP contribution in [0.1, 0.15) is 43.7 Å². The molecule has 2 heterocycles. The van der Waals surface area contributed by atoms with Crippen LogP contribution in [0.25, 0.3) is 10.9 Å². The largest absolute Gasteiger partial charge is 0.361 e. The van der Waals surface area contributed by atoms with E-state index in [1.54, 1.807) is 0 Å². The van der Waals surface area contributed by atoms with Crippen molar-refractivity contribution in [3.05, 3.63) is 65.9 Å². The van der Waals surface area contributed by atoms with E-state index in [0.29, 0.717) is 5.91 Å². The Kier molecular flexibility index (Phi) is 5.28. The van der Waals surface area contributed by atoms with Crippen molar-refractivity contribution in [1.29, 1.82) is 0 Å². The minimum atomic E-state index is 0.102. The summed E-state index contributed by atoms with van der Waals surface area (Å²) in [5.41, 5.74) is 4.92. The predicted molar refractivity (Wildman–Crippen MR) is 112 cm³/mol. The Morgan fingerprint density at radius 2 is 1.93 bits per heavy atom. The first kappa shape index (κ1) is 17.8. The minimum Gasteiger partial charge on any atom is -0.361 e. The molecule has 1 N–H and O–H groups in total. The van der Waals surface area contributed by atoms with Gasteiger partial charge < -0.3 is 9.88 Å². The Morgan fingerprint density at radius 3 is 2.81 bits per heavy atom. The molecule has 0 aliphatic carbocycles. The molecule has 27 heavy (non-hydrogen) atoms. The van der Waals surface area contributed by atoms with E-state index in [4.69, 9.17) is 0 Å². The Morgan fingerprint density at radius 1 is 1.11 bits per heavy atom. The molecule has 0 saturated heterocycles. The molecule has 0 saturated carbocycles. The van der Waals surface area contributed by atoms with Gasteiger partial charge in [-0.25, -0.2) is 0 Å². The summed E-state index contributed by atoms with van der Waals surface area (Å²) in [5.74, 6) is 0.415. The second kappa shape index (κ2) is 7.99. The highest BCUT2D eigenvalue weighted by molar-refractivity contribution is 5.97. The van der Waals surface area contributed by atoms with Crippen LogP contribution in [0.2, 0.25) is 0 Å². The van der Waals surface area contributed by atoms with Gasteiger partial charge in [0, 0.05) is 35.2 Å². The zero-order valence-electron chi connectivity index (χ0n) is 16.1. The fraction of sp³-hybridized carbons (Fsp3) is 0.375. The van der Waals surface area contributed by atoms with Crippen molar-refractivity contribution in [3.63, 3.8) is 0 Å². The second-order valence-electron chi connectivity index (χ2n) is 7.61. The van der Waals surface area contributed by atoms with E-state index in [1.807, 2.05) is 11.0 Å². The zero-order valence-corrected chi connectivity index (χ0v) is 16.1. The van der Waals surface area contributed by atoms with Crippen LogP contribution in [0.15, 0.2) is 54.7 Å². The summed E-state index contributed by atoms with van der Waals surface area (Å²) in [6.07, 6.45) is 8.17. The zero-order chi connectivity index (χ0) is 18.6. The molecule has 1 aliphatic heterocycles. The van der Waals surface area contributed by atoms with Gasteiger partial charge in [-0.15, -0.1) is 0 Å². The van der Waals surface area contributed by atoms with E-state index in [9.17, 15) is 4.79 Å². The van der Waals surface area contributed by atoms with Crippen LogP contribution in [0.5, 0.6) is 0 Å². The van der Waals surface area contributed by atoms with Crippen LogP contribution in [0.4, 0.5) is 5.69 Å². The molecule has 0 bridgehead atoms. The van der Waals surface area contributed by atoms with Crippen LogP contribution < -0.4 is 4.90 Å². The first-order valence-corrected chi connectivity index (χ1v) is 10.2. The van der Waals surface area contributed by atoms with Crippen molar-refractivity contribution in [1.82, 2.24) is 4.98 Å². The van der Waals surface area contributed by atoms with Gasteiger partial charge in [0.05, 0.1) is 0 Å². The maximum atomic E-state index is 13.4. The van der Waals surface area contributed by atoms with E-state index in [2.05, 4.69) is 60.6 Å². The summed E-state index contributed by atoms with van der Waals surface area (Å²) >= 11 is 0. The number of aromatic nitrogens is 1. The number of anilines is 1. The number of hydrogen-bond acceptors (Lipinski definition) is 1. The Hall–Kier alpha value is -2.55. The summed E-state index contributed by atoms with van der Waals surface area (Å²) in [7, 11) is 0. The number of rotatable bonds is 7. The van der Waals surface area contributed by atoms with Gasteiger partial charge in [0.15, 0.2) is 0 Å². The monoisotopic (exact) mass is 360 g/mol. The number of unbranched alkanes of at least 4 members (excludes halogenated alkanes) is 1. The average molecular weight is 361 g/mol. The SMILES string of the molecule is CCCCC(CCc1c[nH]c2ccccc12)C(=O)N1CCc2ccccc21. The highest BCUT2D eigenvalue weighted by Gasteiger charge is 2.29. The number of H-pyrrole nitrogens is 1. The fourth-order valence-corrected chi connectivity index (χ4v) is 4.30. The number of nitrogens with one attached hydrogen (secondary N) is 1. The van der Waals surface area contributed by atoms with Gasteiger partial charge >= 0.3 is 0 Å². The van der Waals surface area contributed by atoms with Crippen molar-refractivity contribution in [2.75, 3.05) is 11.4 Å². The highest BCUT2D eigenvalue weighted by Crippen LogP contribution is 2.31. The standard InChI is InChI=1S/C24H28N2O/c1-2-3-8-19(13-14-20-17-25-22-11-6-5-10-21(20)22)24(27)26-16-15-18-9-4-7-12-23(18)26/h4-7,9-12,17,19,25H,2-3,8,13-16H2,1H3. The van der Waals surface area contributed by atoms with Crippen LogP contribution in [-0.2, 0) is 17.6 Å². The first-order valence-electron chi connectivity index (χ1n) is 10.2. The molecule has 140 valence electrons. The number of carbonyl (C=O) groups is 1. The summed E-state index contributed by atoms with van der Waals surface area (Å²) in [6, 6.07) is 16.8. The molecule has 0 radical (unpaired) electrons. The number of para-hydroxylation sites is 2. The highest BCUT2D eigenvalue weighted by atomic mass is 16.2. The van der Waals surface area contributed by atoms with Gasteiger partial charge in [-0.2, -0.15) is 0 Å². The molecular weight excluding hydrogens is 332 g/mol. The third-order valence-corrected chi connectivity index (χ3v) is 5.85. The lowest BCUT2D eigenvalue weighted by molar-refractivity contribution is -0.122. The number of aryl methyl sites for hydroxylation is 1. The summed E-state index contributed by atoms with van der Waals surface area (Å²) in [4.78, 5) is 18.7. The second-order valence-corrected chi connectivity index (χ2v) is 7.61. The molecule has 2 aromatic carbocycles. The van der Waals surface area contributed by atoms with Gasteiger partial charge in [0.25, 0.3) is 0 Å². The molecule has 1 aromatic heterocycles. The molecule has 3 nitrogen and oxygen atoms in total. The Balaban J connectivity index is 1.50. The predicted octanol–water partition coefficient (Wildman–Crippen LogP) is 5.50. The van der Waals surface area contributed by atoms with Crippen molar-refractivity contribution >= 4 is 22.5 Å². The number of carbonyl (C=O) groups excluding carboxylic acids is 1. The molecule has 0 fully saturated rings. The van der Waals surface area contributed by atoms with Crippen molar-refractivity contribution in [2.24, 2.45) is 5.92 Å². The summed E-state index contributed by atoms with van der Waals surface area (Å²) in [5, 5.41) is 1.28. The number of amides is 1. The van der Waals surface area contributed by atoms with Crippen molar-refractivity contribution < 1.29 is 4.79 Å². The maximum absolute atomic E-state index is 13.4. The van der Waals surface area contributed by atoms with E-state index in [1.165, 1.54) is 22.0 Å². The maximum Gasteiger partial charge on any atom is 0.230 e. The lowest BCUT2D eigenvalue weighted by Gasteiger charge is -2.24. The molecular formula is C24H28N2O. The van der Waals surface area contributed by atoms with Gasteiger partial charge in [-0.1, -0.05) is 56.2 Å². The first-order chi connectivity index (χ1) is 13.3. The number of nitrogens with zero attached hydrogens (tertiary/aromatic N) is 1. The van der Waals surface area contributed by atoms with Crippen LogP contribution in [-0.4, -0.2) is 17.4 Å². The van der Waals surface area contributed by atoms with Gasteiger partial charge in [-0.3, -0.25) is 4.79 Å². The van der Waals surface area contributed by atoms with Crippen LogP contribution in [0.3, 0.4) is 0 Å². The van der Waals surface area contributed by atoms with Gasteiger partial charge in [0.1, 0.15) is 0 Å². The molecule has 3 heteroatoms. The van der Waals surface area contributed by atoms with Crippen LogP contribution in [0, 0.1) is 5.92 Å². The van der Waals surface area contributed by atoms with Crippen molar-refractivity contribution in [2.45, 2.75) is 45.4 Å². The Bertz CT molecular complexity index is 927. The molecule has 1 unspecified atom stereocenters. The minimum absolute atomic E-state index is 0.102. The lowest BCUT2D eigenvalue weighted by Crippen LogP contribution is -2.35. The van der Waals surface area contributed by atoms with E-state index in [0.717, 1.165) is 50.8 Å². The van der Waals surface area contributed by atoms with Gasteiger partial charge in [-0.05, 0) is 48.9 Å². The smallest absolute Gasteiger partial charge is 0.230 e. The number of fused-ring (bicyclic) bond motifs is 2. The Labute approximate surface area is 161 Å². The van der Waals surface area contributed by atoms with E-state index >= 15 is 0 Å². The molecule has 1 aliphatic rings. The fourth-order valence-electron chi connectivity index (χ4n) is 4.30. The third-order valence-electron chi connectivity index (χ3n) is 5.85. The van der Waals surface area contributed by atoms with Gasteiger partial charge in [0.2, 0.25) is 5.91 Å². The number of aromatic amines is 1. The normalized spacial score (nSPS) is 14.5.